The molecule has 6 heteroatoms. The standard InChI is InChI=1S/C21H27FN4O/c22-17-6-4-15(5-7-17)12-16-2-1-3-20(16)24-21(27)9-8-18-13-19-14-23-10-11-26(19)25-18/h4-7,13,16,20,23H,1-3,8-12,14H2,(H,24,27)/t16-,20-/m1/s1. The Labute approximate surface area is 159 Å². The Hall–Kier alpha value is -2.21. The van der Waals surface area contributed by atoms with Gasteiger partial charge in [0.05, 0.1) is 17.9 Å². The number of rotatable bonds is 6. The maximum atomic E-state index is 13.1. The highest BCUT2D eigenvalue weighted by Crippen LogP contribution is 2.29. The van der Waals surface area contributed by atoms with Crippen molar-refractivity contribution in [3.8, 4) is 0 Å². The van der Waals surface area contributed by atoms with E-state index in [0.29, 0.717) is 18.8 Å². The summed E-state index contributed by atoms with van der Waals surface area (Å²) in [4.78, 5) is 12.5. The molecule has 1 saturated carbocycles. The summed E-state index contributed by atoms with van der Waals surface area (Å²) >= 11 is 0. The normalized spacial score (nSPS) is 21.8. The molecule has 4 rings (SSSR count). The van der Waals surface area contributed by atoms with E-state index in [4.69, 9.17) is 0 Å². The average Bonchev–Trinajstić information content (AvgIpc) is 3.28. The minimum absolute atomic E-state index is 0.107. The number of benzene rings is 1. The van der Waals surface area contributed by atoms with Gasteiger partial charge in [-0.3, -0.25) is 9.48 Å². The van der Waals surface area contributed by atoms with Gasteiger partial charge in [-0.25, -0.2) is 4.39 Å². The maximum absolute atomic E-state index is 13.1. The first-order chi connectivity index (χ1) is 13.2. The molecule has 2 N–H and O–H groups in total. The number of hydrogen-bond acceptors (Lipinski definition) is 3. The van der Waals surface area contributed by atoms with Gasteiger partial charge < -0.3 is 10.6 Å². The van der Waals surface area contributed by atoms with E-state index in [9.17, 15) is 9.18 Å². The van der Waals surface area contributed by atoms with E-state index >= 15 is 0 Å². The molecule has 0 spiro atoms. The largest absolute Gasteiger partial charge is 0.353 e. The highest BCUT2D eigenvalue weighted by Gasteiger charge is 2.28. The van der Waals surface area contributed by atoms with Crippen LogP contribution < -0.4 is 10.6 Å². The van der Waals surface area contributed by atoms with E-state index in [1.54, 1.807) is 0 Å². The third kappa shape index (κ3) is 4.56. The van der Waals surface area contributed by atoms with Crippen molar-refractivity contribution < 1.29 is 9.18 Å². The van der Waals surface area contributed by atoms with Crippen molar-refractivity contribution in [1.82, 2.24) is 20.4 Å². The predicted octanol–water partition coefficient (Wildman–Crippen LogP) is 2.59. The zero-order valence-electron chi connectivity index (χ0n) is 15.6. The molecule has 0 unspecified atom stereocenters. The molecule has 27 heavy (non-hydrogen) atoms. The van der Waals surface area contributed by atoms with Gasteiger partial charge in [0, 0.05) is 32.0 Å². The molecule has 1 aliphatic heterocycles. The van der Waals surface area contributed by atoms with Gasteiger partial charge in [0.25, 0.3) is 0 Å². The molecule has 2 atom stereocenters. The first kappa shape index (κ1) is 18.2. The molecule has 1 aromatic carbocycles. The van der Waals surface area contributed by atoms with Crippen LogP contribution in [0.5, 0.6) is 0 Å². The summed E-state index contributed by atoms with van der Waals surface area (Å²) in [5, 5.41) is 11.2. The van der Waals surface area contributed by atoms with Gasteiger partial charge in [0.15, 0.2) is 0 Å². The second-order valence-electron chi connectivity index (χ2n) is 7.72. The smallest absolute Gasteiger partial charge is 0.220 e. The molecule has 2 heterocycles. The number of hydrogen-bond donors (Lipinski definition) is 2. The number of amides is 1. The van der Waals surface area contributed by atoms with Crippen LogP contribution in [-0.2, 0) is 30.7 Å². The van der Waals surface area contributed by atoms with Crippen molar-refractivity contribution in [2.75, 3.05) is 6.54 Å². The summed E-state index contributed by atoms with van der Waals surface area (Å²) < 4.78 is 15.1. The zero-order valence-corrected chi connectivity index (χ0v) is 15.6. The molecule has 0 radical (unpaired) electrons. The predicted molar refractivity (Wildman–Crippen MR) is 102 cm³/mol. The van der Waals surface area contributed by atoms with Crippen LogP contribution in [-0.4, -0.2) is 28.3 Å². The lowest BCUT2D eigenvalue weighted by Crippen LogP contribution is -2.38. The fraction of sp³-hybridized carbons (Fsp3) is 0.524. The van der Waals surface area contributed by atoms with E-state index < -0.39 is 0 Å². The number of carbonyl (C=O) groups is 1. The Morgan fingerprint density at radius 1 is 1.30 bits per heavy atom. The monoisotopic (exact) mass is 370 g/mol. The molecule has 0 bridgehead atoms. The highest BCUT2D eigenvalue weighted by molar-refractivity contribution is 5.76. The summed E-state index contributed by atoms with van der Waals surface area (Å²) in [7, 11) is 0. The molecule has 2 aromatic rings. The van der Waals surface area contributed by atoms with E-state index in [-0.39, 0.29) is 17.8 Å². The number of aryl methyl sites for hydroxylation is 1. The molecular weight excluding hydrogens is 343 g/mol. The number of nitrogens with zero attached hydrogens (tertiary/aromatic N) is 2. The van der Waals surface area contributed by atoms with E-state index in [1.165, 1.54) is 17.8 Å². The van der Waals surface area contributed by atoms with Crippen LogP contribution in [0.2, 0.25) is 0 Å². The molecule has 2 aliphatic rings. The van der Waals surface area contributed by atoms with Crippen molar-refractivity contribution in [1.29, 1.82) is 0 Å². The second-order valence-corrected chi connectivity index (χ2v) is 7.72. The van der Waals surface area contributed by atoms with Crippen molar-refractivity contribution in [3.63, 3.8) is 0 Å². The second kappa shape index (κ2) is 8.21. The van der Waals surface area contributed by atoms with Gasteiger partial charge in [0.1, 0.15) is 5.82 Å². The molecule has 1 amide bonds. The number of carbonyl (C=O) groups excluding carboxylic acids is 1. The highest BCUT2D eigenvalue weighted by atomic mass is 19.1. The number of halogens is 1. The first-order valence-electron chi connectivity index (χ1n) is 9.97. The third-order valence-corrected chi connectivity index (χ3v) is 5.75. The van der Waals surface area contributed by atoms with Gasteiger partial charge in [-0.2, -0.15) is 5.10 Å². The van der Waals surface area contributed by atoms with Crippen molar-refractivity contribution in [2.45, 2.75) is 57.7 Å². The quantitative estimate of drug-likeness (QED) is 0.822. The summed E-state index contributed by atoms with van der Waals surface area (Å²) in [5.74, 6) is 0.340. The average molecular weight is 370 g/mol. The van der Waals surface area contributed by atoms with Gasteiger partial charge in [-0.1, -0.05) is 18.6 Å². The number of aromatic nitrogens is 2. The van der Waals surface area contributed by atoms with E-state index in [2.05, 4.69) is 21.8 Å². The van der Waals surface area contributed by atoms with Crippen LogP contribution in [0.25, 0.3) is 0 Å². The number of nitrogens with one attached hydrogen (secondary N) is 2. The SMILES string of the molecule is O=C(CCc1cc2n(n1)CCNC2)N[C@@H]1CCC[C@@H]1Cc1ccc(F)cc1. The molecule has 1 aromatic heterocycles. The van der Waals surface area contributed by atoms with E-state index in [1.807, 2.05) is 16.8 Å². The van der Waals surface area contributed by atoms with Crippen molar-refractivity contribution >= 4 is 5.91 Å². The molecule has 1 fully saturated rings. The van der Waals surface area contributed by atoms with Crippen molar-refractivity contribution in [2.24, 2.45) is 5.92 Å². The topological polar surface area (TPSA) is 59.0 Å². The van der Waals surface area contributed by atoms with Crippen LogP contribution in [0.4, 0.5) is 4.39 Å². The molecule has 0 saturated heterocycles. The van der Waals surface area contributed by atoms with Gasteiger partial charge in [-0.05, 0) is 48.9 Å². The molecular formula is C21H27FN4O. The molecule has 5 nitrogen and oxygen atoms in total. The zero-order chi connectivity index (χ0) is 18.6. The fourth-order valence-corrected chi connectivity index (χ4v) is 4.29. The van der Waals surface area contributed by atoms with Gasteiger partial charge in [0.2, 0.25) is 5.91 Å². The Bertz CT molecular complexity index is 762. The van der Waals surface area contributed by atoms with Gasteiger partial charge in [-0.15, -0.1) is 0 Å². The Kier molecular flexibility index (Phi) is 5.53. The van der Waals surface area contributed by atoms with Crippen LogP contribution in [0, 0.1) is 11.7 Å². The van der Waals surface area contributed by atoms with Crippen LogP contribution in [0.3, 0.4) is 0 Å². The van der Waals surface area contributed by atoms with Gasteiger partial charge >= 0.3 is 0 Å². The first-order valence-corrected chi connectivity index (χ1v) is 9.97. The fourth-order valence-electron chi connectivity index (χ4n) is 4.29. The summed E-state index contributed by atoms with van der Waals surface area (Å²) in [5.41, 5.74) is 3.34. The van der Waals surface area contributed by atoms with E-state index in [0.717, 1.165) is 56.6 Å². The summed E-state index contributed by atoms with van der Waals surface area (Å²) in [6.07, 6.45) is 5.33. The Morgan fingerprint density at radius 2 is 2.15 bits per heavy atom. The lowest BCUT2D eigenvalue weighted by Gasteiger charge is -2.21. The Balaban J connectivity index is 1.28. The van der Waals surface area contributed by atoms with Crippen LogP contribution >= 0.6 is 0 Å². The molecule has 144 valence electrons. The van der Waals surface area contributed by atoms with Crippen LogP contribution in [0.1, 0.15) is 42.6 Å². The van der Waals surface area contributed by atoms with Crippen LogP contribution in [0.15, 0.2) is 30.3 Å². The maximum Gasteiger partial charge on any atom is 0.220 e. The third-order valence-electron chi connectivity index (χ3n) is 5.75. The molecule has 1 aliphatic carbocycles. The summed E-state index contributed by atoms with van der Waals surface area (Å²) in [6, 6.07) is 9.05. The minimum atomic E-state index is -0.202. The lowest BCUT2D eigenvalue weighted by molar-refractivity contribution is -0.122. The number of fused-ring (bicyclic) bond motifs is 1. The van der Waals surface area contributed by atoms with Crippen molar-refractivity contribution in [3.05, 3.63) is 53.1 Å². The lowest BCUT2D eigenvalue weighted by atomic mass is 9.94. The summed E-state index contributed by atoms with van der Waals surface area (Å²) in [6.45, 7) is 2.70. The Morgan fingerprint density at radius 3 is 2.96 bits per heavy atom. The minimum Gasteiger partial charge on any atom is -0.353 e.